The number of halogens is 1. The lowest BCUT2D eigenvalue weighted by atomic mass is 10.1. The van der Waals surface area contributed by atoms with Crippen LogP contribution in [0, 0.1) is 5.92 Å². The monoisotopic (exact) mass is 342 g/mol. The Kier molecular flexibility index (Phi) is 5.23. The summed E-state index contributed by atoms with van der Waals surface area (Å²) in [4.78, 5) is 17.6. The first kappa shape index (κ1) is 15.1. The summed E-state index contributed by atoms with van der Waals surface area (Å²) < 4.78 is 11.7. The maximum absolute atomic E-state index is 11.8. The van der Waals surface area contributed by atoms with Crippen LogP contribution in [0.25, 0.3) is 0 Å². The first-order chi connectivity index (χ1) is 9.56. The first-order valence-corrected chi connectivity index (χ1v) is 7.52. The summed E-state index contributed by atoms with van der Waals surface area (Å²) in [5.74, 6) is 1.05. The van der Waals surface area contributed by atoms with E-state index in [1.807, 2.05) is 19.9 Å². The van der Waals surface area contributed by atoms with Crippen molar-refractivity contribution in [3.63, 3.8) is 0 Å². The topological polar surface area (TPSA) is 51.7 Å². The van der Waals surface area contributed by atoms with E-state index >= 15 is 0 Å². The van der Waals surface area contributed by atoms with E-state index in [0.29, 0.717) is 24.9 Å². The summed E-state index contributed by atoms with van der Waals surface area (Å²) >= 11 is 3.34. The summed E-state index contributed by atoms with van der Waals surface area (Å²) in [6.45, 7) is 5.70. The SMILES string of the molecule is CC(C)COC(=O)N1CCC1COc1cncc(Br)c1. The summed E-state index contributed by atoms with van der Waals surface area (Å²) in [5, 5.41) is 0. The maximum atomic E-state index is 11.8. The number of rotatable bonds is 5. The van der Waals surface area contributed by atoms with Crippen molar-refractivity contribution in [1.29, 1.82) is 0 Å². The highest BCUT2D eigenvalue weighted by Crippen LogP contribution is 2.21. The van der Waals surface area contributed by atoms with E-state index in [1.54, 1.807) is 17.3 Å². The average Bonchev–Trinajstić information content (AvgIpc) is 2.35. The van der Waals surface area contributed by atoms with Crippen LogP contribution in [-0.2, 0) is 4.74 Å². The zero-order chi connectivity index (χ0) is 14.5. The Morgan fingerprint density at radius 3 is 2.95 bits per heavy atom. The van der Waals surface area contributed by atoms with Gasteiger partial charge in [-0.3, -0.25) is 4.98 Å². The van der Waals surface area contributed by atoms with Gasteiger partial charge in [0.05, 0.1) is 18.8 Å². The Labute approximate surface area is 127 Å². The number of pyridine rings is 1. The Balaban J connectivity index is 1.78. The fourth-order valence-electron chi connectivity index (χ4n) is 1.84. The fourth-order valence-corrected chi connectivity index (χ4v) is 2.18. The summed E-state index contributed by atoms with van der Waals surface area (Å²) in [6.07, 6.45) is 4.06. The maximum Gasteiger partial charge on any atom is 0.410 e. The van der Waals surface area contributed by atoms with Gasteiger partial charge in [-0.1, -0.05) is 13.8 Å². The Bertz CT molecular complexity index is 467. The van der Waals surface area contributed by atoms with Crippen molar-refractivity contribution in [2.75, 3.05) is 19.8 Å². The lowest BCUT2D eigenvalue weighted by Gasteiger charge is -2.39. The van der Waals surface area contributed by atoms with E-state index < -0.39 is 0 Å². The minimum atomic E-state index is -0.245. The van der Waals surface area contributed by atoms with E-state index in [0.717, 1.165) is 17.4 Å². The molecule has 110 valence electrons. The molecule has 20 heavy (non-hydrogen) atoms. The Morgan fingerprint density at radius 1 is 1.55 bits per heavy atom. The van der Waals surface area contributed by atoms with E-state index in [2.05, 4.69) is 20.9 Å². The number of likely N-dealkylation sites (tertiary alicyclic amines) is 1. The summed E-state index contributed by atoms with van der Waals surface area (Å²) in [6, 6.07) is 1.95. The number of aromatic nitrogens is 1. The molecule has 0 saturated carbocycles. The molecule has 1 aliphatic heterocycles. The van der Waals surface area contributed by atoms with Crippen LogP contribution < -0.4 is 4.74 Å². The van der Waals surface area contributed by atoms with Crippen LogP contribution in [-0.4, -0.2) is 41.8 Å². The molecule has 0 radical (unpaired) electrons. The van der Waals surface area contributed by atoms with Gasteiger partial charge in [0.2, 0.25) is 0 Å². The highest BCUT2D eigenvalue weighted by Gasteiger charge is 2.33. The lowest BCUT2D eigenvalue weighted by molar-refractivity contribution is 0.0248. The van der Waals surface area contributed by atoms with Crippen LogP contribution in [0.5, 0.6) is 5.75 Å². The molecule has 1 aromatic heterocycles. The molecule has 1 unspecified atom stereocenters. The third kappa shape index (κ3) is 4.10. The summed E-state index contributed by atoms with van der Waals surface area (Å²) in [7, 11) is 0. The zero-order valence-corrected chi connectivity index (χ0v) is 13.3. The third-order valence-electron chi connectivity index (χ3n) is 3.04. The molecule has 1 amide bonds. The normalized spacial score (nSPS) is 17.8. The van der Waals surface area contributed by atoms with E-state index in [9.17, 15) is 4.79 Å². The largest absolute Gasteiger partial charge is 0.490 e. The molecule has 1 aromatic rings. The Morgan fingerprint density at radius 2 is 2.35 bits per heavy atom. The Hall–Kier alpha value is -1.30. The smallest absolute Gasteiger partial charge is 0.410 e. The summed E-state index contributed by atoms with van der Waals surface area (Å²) in [5.41, 5.74) is 0. The predicted octanol–water partition coefficient (Wildman–Crippen LogP) is 3.09. The predicted molar refractivity (Wildman–Crippen MR) is 78.7 cm³/mol. The number of nitrogens with zero attached hydrogens (tertiary/aromatic N) is 2. The number of amides is 1. The number of hydrogen-bond acceptors (Lipinski definition) is 4. The molecule has 1 fully saturated rings. The van der Waals surface area contributed by atoms with Crippen LogP contribution in [0.2, 0.25) is 0 Å². The number of ether oxygens (including phenoxy) is 2. The molecular formula is C14H19BrN2O3. The van der Waals surface area contributed by atoms with E-state index in [-0.39, 0.29) is 12.1 Å². The molecule has 1 saturated heterocycles. The molecule has 0 aromatic carbocycles. The lowest BCUT2D eigenvalue weighted by Crippen LogP contribution is -2.54. The van der Waals surface area contributed by atoms with E-state index in [1.165, 1.54) is 0 Å². The van der Waals surface area contributed by atoms with Gasteiger partial charge in [0.25, 0.3) is 0 Å². The van der Waals surface area contributed by atoms with Crippen LogP contribution in [0.15, 0.2) is 22.9 Å². The molecule has 0 spiro atoms. The minimum absolute atomic E-state index is 0.0913. The molecule has 2 rings (SSSR count). The third-order valence-corrected chi connectivity index (χ3v) is 3.47. The second kappa shape index (κ2) is 6.92. The molecule has 1 aliphatic rings. The molecule has 0 N–H and O–H groups in total. The van der Waals surface area contributed by atoms with Crippen LogP contribution >= 0.6 is 15.9 Å². The van der Waals surface area contributed by atoms with Gasteiger partial charge in [0.1, 0.15) is 12.4 Å². The molecule has 0 aliphatic carbocycles. The van der Waals surface area contributed by atoms with Gasteiger partial charge in [-0.05, 0) is 34.3 Å². The zero-order valence-electron chi connectivity index (χ0n) is 11.7. The van der Waals surface area contributed by atoms with Crippen molar-refractivity contribution in [3.05, 3.63) is 22.9 Å². The van der Waals surface area contributed by atoms with Crippen molar-refractivity contribution in [2.24, 2.45) is 5.92 Å². The van der Waals surface area contributed by atoms with Gasteiger partial charge in [0.15, 0.2) is 0 Å². The van der Waals surface area contributed by atoms with Gasteiger partial charge in [-0.15, -0.1) is 0 Å². The molecule has 5 nitrogen and oxygen atoms in total. The van der Waals surface area contributed by atoms with Crippen molar-refractivity contribution in [2.45, 2.75) is 26.3 Å². The van der Waals surface area contributed by atoms with Crippen LogP contribution in [0.1, 0.15) is 20.3 Å². The standard InChI is InChI=1S/C14H19BrN2O3/c1-10(2)8-20-14(18)17-4-3-12(17)9-19-13-5-11(15)6-16-7-13/h5-7,10,12H,3-4,8-9H2,1-2H3. The van der Waals surface area contributed by atoms with Crippen molar-refractivity contribution < 1.29 is 14.3 Å². The van der Waals surface area contributed by atoms with Crippen LogP contribution in [0.4, 0.5) is 4.79 Å². The fraction of sp³-hybridized carbons (Fsp3) is 0.571. The number of carbonyl (C=O) groups excluding carboxylic acids is 1. The van der Waals surface area contributed by atoms with Gasteiger partial charge >= 0.3 is 6.09 Å². The van der Waals surface area contributed by atoms with Gasteiger partial charge in [-0.2, -0.15) is 0 Å². The van der Waals surface area contributed by atoms with Gasteiger partial charge < -0.3 is 14.4 Å². The second-order valence-electron chi connectivity index (χ2n) is 5.26. The average molecular weight is 343 g/mol. The molecule has 1 atom stereocenters. The second-order valence-corrected chi connectivity index (χ2v) is 6.17. The highest BCUT2D eigenvalue weighted by atomic mass is 79.9. The number of hydrogen-bond donors (Lipinski definition) is 0. The van der Waals surface area contributed by atoms with Crippen molar-refractivity contribution in [1.82, 2.24) is 9.88 Å². The quantitative estimate of drug-likeness (QED) is 0.824. The van der Waals surface area contributed by atoms with Gasteiger partial charge in [-0.25, -0.2) is 4.79 Å². The molecular weight excluding hydrogens is 324 g/mol. The minimum Gasteiger partial charge on any atom is -0.490 e. The first-order valence-electron chi connectivity index (χ1n) is 6.73. The molecule has 6 heteroatoms. The van der Waals surface area contributed by atoms with Crippen LogP contribution in [0.3, 0.4) is 0 Å². The molecule has 2 heterocycles. The van der Waals surface area contributed by atoms with Gasteiger partial charge in [0, 0.05) is 17.2 Å². The highest BCUT2D eigenvalue weighted by molar-refractivity contribution is 9.10. The number of carbonyl (C=O) groups is 1. The van der Waals surface area contributed by atoms with Crippen molar-refractivity contribution in [3.8, 4) is 5.75 Å². The van der Waals surface area contributed by atoms with E-state index in [4.69, 9.17) is 9.47 Å². The van der Waals surface area contributed by atoms with Crippen molar-refractivity contribution >= 4 is 22.0 Å². The molecule has 0 bridgehead atoms.